The minimum Gasteiger partial charge on any atom is -0.300 e. The van der Waals surface area contributed by atoms with Crippen molar-refractivity contribution in [3.8, 4) is 0 Å². The van der Waals surface area contributed by atoms with Crippen LogP contribution in [0.5, 0.6) is 0 Å². The molecule has 90 valence electrons. The minimum atomic E-state index is -0.321. The zero-order valence-electron chi connectivity index (χ0n) is 10.8. The summed E-state index contributed by atoms with van der Waals surface area (Å²) in [4.78, 5) is 24.0. The summed E-state index contributed by atoms with van der Waals surface area (Å²) in [6.45, 7) is 8.15. The Morgan fingerprint density at radius 3 is 2.56 bits per heavy atom. The van der Waals surface area contributed by atoms with Crippen LogP contribution >= 0.6 is 0 Å². The van der Waals surface area contributed by atoms with E-state index in [9.17, 15) is 9.59 Å². The van der Waals surface area contributed by atoms with Crippen LogP contribution in [-0.2, 0) is 9.59 Å². The Bertz CT molecular complexity index is 343. The molecule has 3 atom stereocenters. The smallest absolute Gasteiger partial charge is 0.143 e. The monoisotopic (exact) mass is 222 g/mol. The van der Waals surface area contributed by atoms with Crippen molar-refractivity contribution in [2.24, 2.45) is 22.7 Å². The number of rotatable bonds is 2. The van der Waals surface area contributed by atoms with E-state index >= 15 is 0 Å². The molecule has 0 aromatic carbocycles. The maximum Gasteiger partial charge on any atom is 0.143 e. The van der Waals surface area contributed by atoms with Crippen molar-refractivity contribution >= 4 is 11.6 Å². The lowest BCUT2D eigenvalue weighted by Gasteiger charge is -2.37. The minimum absolute atomic E-state index is 0.0945. The maximum atomic E-state index is 12.5. The molecule has 0 heterocycles. The van der Waals surface area contributed by atoms with Crippen LogP contribution in [-0.4, -0.2) is 11.6 Å². The third kappa shape index (κ3) is 1.46. The first-order valence-electron chi connectivity index (χ1n) is 6.33. The number of hydrogen-bond acceptors (Lipinski definition) is 2. The lowest BCUT2D eigenvalue weighted by Crippen LogP contribution is -2.40. The number of ketones is 2. The molecule has 2 saturated carbocycles. The van der Waals surface area contributed by atoms with E-state index in [2.05, 4.69) is 20.8 Å². The molecular weight excluding hydrogens is 200 g/mol. The number of hydrogen-bond donors (Lipinski definition) is 0. The van der Waals surface area contributed by atoms with Crippen LogP contribution in [0.15, 0.2) is 0 Å². The van der Waals surface area contributed by atoms with Gasteiger partial charge in [0.2, 0.25) is 0 Å². The molecule has 2 rings (SSSR count). The Hall–Kier alpha value is -0.660. The van der Waals surface area contributed by atoms with Gasteiger partial charge < -0.3 is 0 Å². The summed E-state index contributed by atoms with van der Waals surface area (Å²) in [7, 11) is 0. The second-order valence-electron chi connectivity index (χ2n) is 6.60. The second-order valence-corrected chi connectivity index (χ2v) is 6.60. The standard InChI is InChI=1S/C14H22O2/c1-9-5-6-11-12(16)14(9,7-10(2)15)8-13(11,3)4/h9,11H,5-8H2,1-4H3/t9?,11?,14-/m1/s1. The predicted molar refractivity (Wildman–Crippen MR) is 63.0 cm³/mol. The van der Waals surface area contributed by atoms with Crippen molar-refractivity contribution in [2.75, 3.05) is 0 Å². The third-order valence-electron chi connectivity index (χ3n) is 4.92. The summed E-state index contributed by atoms with van der Waals surface area (Å²) in [6, 6.07) is 0. The summed E-state index contributed by atoms with van der Waals surface area (Å²) in [5.41, 5.74) is -0.227. The van der Waals surface area contributed by atoms with Gasteiger partial charge in [-0.15, -0.1) is 0 Å². The topological polar surface area (TPSA) is 34.1 Å². The molecule has 0 amide bonds. The summed E-state index contributed by atoms with van der Waals surface area (Å²) in [5, 5.41) is 0. The van der Waals surface area contributed by atoms with Crippen LogP contribution in [0.2, 0.25) is 0 Å². The quantitative estimate of drug-likeness (QED) is 0.719. The van der Waals surface area contributed by atoms with Gasteiger partial charge in [0.15, 0.2) is 0 Å². The van der Waals surface area contributed by atoms with Gasteiger partial charge in [0, 0.05) is 17.8 Å². The van der Waals surface area contributed by atoms with Gasteiger partial charge in [-0.3, -0.25) is 9.59 Å². The van der Waals surface area contributed by atoms with Crippen LogP contribution in [0.25, 0.3) is 0 Å². The van der Waals surface area contributed by atoms with Crippen molar-refractivity contribution in [2.45, 2.75) is 53.4 Å². The SMILES string of the molecule is CC(=O)C[C@@]12CC(C)(C)C(CCC1C)C2=O. The fraction of sp³-hybridized carbons (Fsp3) is 0.857. The third-order valence-corrected chi connectivity index (χ3v) is 4.92. The maximum absolute atomic E-state index is 12.5. The van der Waals surface area contributed by atoms with E-state index in [1.807, 2.05) is 0 Å². The van der Waals surface area contributed by atoms with E-state index < -0.39 is 0 Å². The average molecular weight is 222 g/mol. The van der Waals surface area contributed by atoms with Gasteiger partial charge >= 0.3 is 0 Å². The van der Waals surface area contributed by atoms with Crippen LogP contribution in [0.1, 0.15) is 53.4 Å². The van der Waals surface area contributed by atoms with Crippen molar-refractivity contribution in [3.63, 3.8) is 0 Å². The Balaban J connectivity index is 2.41. The molecule has 2 heteroatoms. The molecule has 2 bridgehead atoms. The number of carbonyl (C=O) groups excluding carboxylic acids is 2. The molecule has 2 aliphatic carbocycles. The summed E-state index contributed by atoms with van der Waals surface area (Å²) >= 11 is 0. The summed E-state index contributed by atoms with van der Waals surface area (Å²) in [6.07, 6.45) is 3.50. The molecule has 0 aliphatic heterocycles. The number of carbonyl (C=O) groups is 2. The normalized spacial score (nSPS) is 41.1. The fourth-order valence-electron chi connectivity index (χ4n) is 4.13. The van der Waals surface area contributed by atoms with Crippen LogP contribution < -0.4 is 0 Å². The van der Waals surface area contributed by atoms with E-state index in [1.54, 1.807) is 6.92 Å². The Morgan fingerprint density at radius 2 is 2.00 bits per heavy atom. The average Bonchev–Trinajstić information content (AvgIpc) is 2.23. The van der Waals surface area contributed by atoms with E-state index in [4.69, 9.17) is 0 Å². The molecule has 0 N–H and O–H groups in total. The van der Waals surface area contributed by atoms with Gasteiger partial charge in [0.25, 0.3) is 0 Å². The lowest BCUT2D eigenvalue weighted by molar-refractivity contribution is -0.139. The zero-order valence-corrected chi connectivity index (χ0v) is 10.8. The highest BCUT2D eigenvalue weighted by molar-refractivity contribution is 5.95. The molecule has 16 heavy (non-hydrogen) atoms. The molecule has 2 nitrogen and oxygen atoms in total. The van der Waals surface area contributed by atoms with Gasteiger partial charge in [0.1, 0.15) is 11.6 Å². The molecular formula is C14H22O2. The molecule has 2 aliphatic rings. The molecule has 0 spiro atoms. The van der Waals surface area contributed by atoms with Crippen molar-refractivity contribution in [1.82, 2.24) is 0 Å². The van der Waals surface area contributed by atoms with Gasteiger partial charge in [-0.1, -0.05) is 20.8 Å². The molecule has 0 aromatic heterocycles. The Labute approximate surface area is 97.8 Å². The van der Waals surface area contributed by atoms with Crippen LogP contribution in [0.4, 0.5) is 0 Å². The molecule has 2 fully saturated rings. The molecule has 2 unspecified atom stereocenters. The number of fused-ring (bicyclic) bond motifs is 2. The Kier molecular flexibility index (Phi) is 2.52. The lowest BCUT2D eigenvalue weighted by atomic mass is 9.65. The first-order valence-corrected chi connectivity index (χ1v) is 6.33. The van der Waals surface area contributed by atoms with Crippen LogP contribution in [0, 0.1) is 22.7 Å². The number of Topliss-reactive ketones (excluding diaryl/α,β-unsaturated/α-hetero) is 2. The van der Waals surface area contributed by atoms with Crippen molar-refractivity contribution < 1.29 is 9.59 Å². The second kappa shape index (κ2) is 3.41. The predicted octanol–water partition coefficient (Wildman–Crippen LogP) is 3.00. The summed E-state index contributed by atoms with van der Waals surface area (Å²) in [5.74, 6) is 1.12. The highest BCUT2D eigenvalue weighted by atomic mass is 16.1. The molecule has 0 saturated heterocycles. The molecule has 0 aromatic rings. The van der Waals surface area contributed by atoms with Gasteiger partial charge in [-0.05, 0) is 37.5 Å². The summed E-state index contributed by atoms with van der Waals surface area (Å²) < 4.78 is 0. The van der Waals surface area contributed by atoms with Gasteiger partial charge in [-0.25, -0.2) is 0 Å². The van der Waals surface area contributed by atoms with Crippen LogP contribution in [0.3, 0.4) is 0 Å². The highest BCUT2D eigenvalue weighted by Gasteiger charge is 2.61. The van der Waals surface area contributed by atoms with Gasteiger partial charge in [0.05, 0.1) is 0 Å². The van der Waals surface area contributed by atoms with Crippen molar-refractivity contribution in [3.05, 3.63) is 0 Å². The van der Waals surface area contributed by atoms with E-state index in [-0.39, 0.29) is 22.5 Å². The van der Waals surface area contributed by atoms with Crippen molar-refractivity contribution in [1.29, 1.82) is 0 Å². The fourth-order valence-corrected chi connectivity index (χ4v) is 4.13. The highest BCUT2D eigenvalue weighted by Crippen LogP contribution is 2.61. The van der Waals surface area contributed by atoms with E-state index in [0.29, 0.717) is 18.1 Å². The van der Waals surface area contributed by atoms with E-state index in [1.165, 1.54) is 0 Å². The Morgan fingerprint density at radius 1 is 1.38 bits per heavy atom. The zero-order chi connectivity index (χ0) is 12.1. The molecule has 0 radical (unpaired) electrons. The van der Waals surface area contributed by atoms with Gasteiger partial charge in [-0.2, -0.15) is 0 Å². The first-order chi connectivity index (χ1) is 7.29. The van der Waals surface area contributed by atoms with E-state index in [0.717, 1.165) is 19.3 Å². The first kappa shape index (κ1) is 11.8. The largest absolute Gasteiger partial charge is 0.300 e.